The molecule has 0 fully saturated rings. The standard InChI is InChI=1S/C14H12ClNO3S2/c1-8(17)13-12(14(18)19-2)16-11(21-13)7-20-10-6-4-3-5-9(10)15/h3-6H,7H2,1-2H3. The van der Waals surface area contributed by atoms with Crippen molar-refractivity contribution in [1.29, 1.82) is 0 Å². The van der Waals surface area contributed by atoms with Crippen LogP contribution in [0.2, 0.25) is 5.02 Å². The summed E-state index contributed by atoms with van der Waals surface area (Å²) in [6, 6.07) is 7.48. The molecule has 1 heterocycles. The molecule has 110 valence electrons. The van der Waals surface area contributed by atoms with Gasteiger partial charge in [0.15, 0.2) is 11.5 Å². The van der Waals surface area contributed by atoms with Crippen molar-refractivity contribution in [3.63, 3.8) is 0 Å². The number of esters is 1. The average Bonchev–Trinajstić information content (AvgIpc) is 2.90. The third-order valence-corrected chi connectivity index (χ3v) is 5.42. The van der Waals surface area contributed by atoms with Crippen molar-refractivity contribution in [2.75, 3.05) is 7.11 Å². The van der Waals surface area contributed by atoms with E-state index in [0.717, 1.165) is 4.90 Å². The summed E-state index contributed by atoms with van der Waals surface area (Å²) in [7, 11) is 1.27. The number of aromatic nitrogens is 1. The lowest BCUT2D eigenvalue weighted by molar-refractivity contribution is 0.0591. The molecule has 1 aromatic heterocycles. The van der Waals surface area contributed by atoms with Crippen LogP contribution < -0.4 is 0 Å². The van der Waals surface area contributed by atoms with Gasteiger partial charge in [-0.1, -0.05) is 23.7 Å². The van der Waals surface area contributed by atoms with E-state index in [1.807, 2.05) is 24.3 Å². The second kappa shape index (κ2) is 7.06. The van der Waals surface area contributed by atoms with Gasteiger partial charge < -0.3 is 4.74 Å². The quantitative estimate of drug-likeness (QED) is 0.466. The van der Waals surface area contributed by atoms with Gasteiger partial charge in [-0.05, 0) is 12.1 Å². The Labute approximate surface area is 135 Å². The Morgan fingerprint density at radius 2 is 2.10 bits per heavy atom. The lowest BCUT2D eigenvalue weighted by Crippen LogP contribution is -2.07. The monoisotopic (exact) mass is 341 g/mol. The number of carbonyl (C=O) groups is 2. The van der Waals surface area contributed by atoms with Crippen molar-refractivity contribution < 1.29 is 14.3 Å². The molecular formula is C14H12ClNO3S2. The zero-order chi connectivity index (χ0) is 15.4. The zero-order valence-electron chi connectivity index (χ0n) is 11.4. The number of ether oxygens (including phenoxy) is 1. The fourth-order valence-electron chi connectivity index (χ4n) is 1.60. The number of nitrogens with zero attached hydrogens (tertiary/aromatic N) is 1. The number of thioether (sulfide) groups is 1. The summed E-state index contributed by atoms with van der Waals surface area (Å²) in [5.41, 5.74) is 0.0877. The molecule has 0 radical (unpaired) electrons. The van der Waals surface area contributed by atoms with Crippen LogP contribution in [0.1, 0.15) is 32.1 Å². The van der Waals surface area contributed by atoms with Gasteiger partial charge in [-0.25, -0.2) is 9.78 Å². The molecule has 0 unspecified atom stereocenters. The highest BCUT2D eigenvalue weighted by Gasteiger charge is 2.21. The molecule has 0 aliphatic rings. The van der Waals surface area contributed by atoms with Crippen LogP contribution in [0, 0.1) is 0 Å². The highest BCUT2D eigenvalue weighted by atomic mass is 35.5. The van der Waals surface area contributed by atoms with Gasteiger partial charge in [0.05, 0.1) is 17.9 Å². The molecule has 0 saturated carbocycles. The SMILES string of the molecule is COC(=O)c1nc(CSc2ccccc2Cl)sc1C(C)=O. The molecule has 0 aliphatic heterocycles. The minimum Gasteiger partial charge on any atom is -0.464 e. The molecule has 2 rings (SSSR count). The molecule has 7 heteroatoms. The number of halogens is 1. The normalized spacial score (nSPS) is 10.4. The van der Waals surface area contributed by atoms with Crippen molar-refractivity contribution in [3.8, 4) is 0 Å². The number of ketones is 1. The van der Waals surface area contributed by atoms with E-state index in [1.165, 1.54) is 37.1 Å². The van der Waals surface area contributed by atoms with E-state index in [-0.39, 0.29) is 11.5 Å². The lowest BCUT2D eigenvalue weighted by Gasteiger charge is -2.01. The summed E-state index contributed by atoms with van der Waals surface area (Å²) in [6.45, 7) is 1.41. The zero-order valence-corrected chi connectivity index (χ0v) is 13.8. The van der Waals surface area contributed by atoms with E-state index in [2.05, 4.69) is 9.72 Å². The first-order valence-electron chi connectivity index (χ1n) is 5.99. The molecule has 0 spiro atoms. The van der Waals surface area contributed by atoms with Crippen LogP contribution in [0.3, 0.4) is 0 Å². The van der Waals surface area contributed by atoms with E-state index in [4.69, 9.17) is 11.6 Å². The maximum atomic E-state index is 11.6. The number of hydrogen-bond donors (Lipinski definition) is 0. The first-order valence-corrected chi connectivity index (χ1v) is 8.17. The summed E-state index contributed by atoms with van der Waals surface area (Å²) in [5, 5.41) is 1.35. The summed E-state index contributed by atoms with van der Waals surface area (Å²) in [4.78, 5) is 28.7. The largest absolute Gasteiger partial charge is 0.464 e. The summed E-state index contributed by atoms with van der Waals surface area (Å²) in [6.07, 6.45) is 0. The Morgan fingerprint density at radius 1 is 1.38 bits per heavy atom. The Balaban J connectivity index is 2.20. The van der Waals surface area contributed by atoms with Gasteiger partial charge in [0, 0.05) is 11.8 Å². The van der Waals surface area contributed by atoms with Crippen molar-refractivity contribution >= 4 is 46.5 Å². The summed E-state index contributed by atoms with van der Waals surface area (Å²) >= 11 is 8.80. The molecule has 0 amide bonds. The first-order chi connectivity index (χ1) is 10.0. The minimum absolute atomic E-state index is 0.0877. The molecule has 1 aromatic carbocycles. The smallest absolute Gasteiger partial charge is 0.358 e. The maximum absolute atomic E-state index is 11.6. The Morgan fingerprint density at radius 3 is 2.71 bits per heavy atom. The van der Waals surface area contributed by atoms with Crippen LogP contribution in [-0.2, 0) is 10.5 Å². The Hall–Kier alpha value is -1.37. The molecule has 0 saturated heterocycles. The van der Waals surface area contributed by atoms with Crippen LogP contribution >= 0.6 is 34.7 Å². The number of Topliss-reactive ketones (excluding diaryl/α,β-unsaturated/α-hetero) is 1. The third kappa shape index (κ3) is 3.84. The van der Waals surface area contributed by atoms with Gasteiger partial charge in [-0.15, -0.1) is 23.1 Å². The van der Waals surface area contributed by atoms with Crippen molar-refractivity contribution in [3.05, 3.63) is 44.9 Å². The number of methoxy groups -OCH3 is 1. The molecule has 21 heavy (non-hydrogen) atoms. The van der Waals surface area contributed by atoms with Crippen LogP contribution in [0.15, 0.2) is 29.2 Å². The van der Waals surface area contributed by atoms with E-state index in [0.29, 0.717) is 20.7 Å². The summed E-state index contributed by atoms with van der Waals surface area (Å²) < 4.78 is 4.65. The predicted molar refractivity (Wildman–Crippen MR) is 84.5 cm³/mol. The van der Waals surface area contributed by atoms with Crippen LogP contribution in [0.5, 0.6) is 0 Å². The molecule has 0 N–H and O–H groups in total. The van der Waals surface area contributed by atoms with Crippen molar-refractivity contribution in [2.45, 2.75) is 17.6 Å². The second-order valence-corrected chi connectivity index (χ2v) is 6.56. The van der Waals surface area contributed by atoms with Gasteiger partial charge in [-0.3, -0.25) is 4.79 Å². The third-order valence-electron chi connectivity index (χ3n) is 2.56. The maximum Gasteiger partial charge on any atom is 0.358 e. The van der Waals surface area contributed by atoms with Crippen LogP contribution in [0.4, 0.5) is 0 Å². The Bertz CT molecular complexity index is 685. The van der Waals surface area contributed by atoms with Crippen molar-refractivity contribution in [2.24, 2.45) is 0 Å². The highest BCUT2D eigenvalue weighted by Crippen LogP contribution is 2.31. The lowest BCUT2D eigenvalue weighted by atomic mass is 10.3. The fourth-order valence-corrected chi connectivity index (χ4v) is 3.78. The van der Waals surface area contributed by atoms with E-state index >= 15 is 0 Å². The molecule has 0 bridgehead atoms. The highest BCUT2D eigenvalue weighted by molar-refractivity contribution is 7.98. The summed E-state index contributed by atoms with van der Waals surface area (Å²) in [5.74, 6) is -0.251. The Kier molecular flexibility index (Phi) is 5.39. The molecular weight excluding hydrogens is 330 g/mol. The minimum atomic E-state index is -0.592. The predicted octanol–water partition coefficient (Wildman–Crippen LogP) is 4.08. The van der Waals surface area contributed by atoms with E-state index in [1.54, 1.807) is 0 Å². The number of benzene rings is 1. The van der Waals surface area contributed by atoms with Crippen molar-refractivity contribution in [1.82, 2.24) is 4.98 Å². The number of hydrogen-bond acceptors (Lipinski definition) is 6. The molecule has 2 aromatic rings. The van der Waals surface area contributed by atoms with Gasteiger partial charge in [-0.2, -0.15) is 0 Å². The first kappa shape index (κ1) is 16.0. The second-order valence-electron chi connectivity index (χ2n) is 4.05. The van der Waals surface area contributed by atoms with Gasteiger partial charge >= 0.3 is 5.97 Å². The number of rotatable bonds is 5. The molecule has 0 atom stereocenters. The van der Waals surface area contributed by atoms with Gasteiger partial charge in [0.2, 0.25) is 0 Å². The van der Waals surface area contributed by atoms with E-state index in [9.17, 15) is 9.59 Å². The van der Waals surface area contributed by atoms with Crippen LogP contribution in [0.25, 0.3) is 0 Å². The van der Waals surface area contributed by atoms with Crippen LogP contribution in [-0.4, -0.2) is 23.8 Å². The topological polar surface area (TPSA) is 56.3 Å². The molecule has 4 nitrogen and oxygen atoms in total. The van der Waals surface area contributed by atoms with Gasteiger partial charge in [0.1, 0.15) is 9.88 Å². The van der Waals surface area contributed by atoms with Gasteiger partial charge in [0.25, 0.3) is 0 Å². The number of thiazole rings is 1. The average molecular weight is 342 g/mol. The fraction of sp³-hybridized carbons (Fsp3) is 0.214. The molecule has 0 aliphatic carbocycles. The van der Waals surface area contributed by atoms with E-state index < -0.39 is 5.97 Å². The number of carbonyl (C=O) groups excluding carboxylic acids is 2.